The summed E-state index contributed by atoms with van der Waals surface area (Å²) in [5.41, 5.74) is 0. The average Bonchev–Trinajstić information content (AvgIpc) is 1.69. The molecule has 0 rings (SSSR count). The Bertz CT molecular complexity index is 50.0. The summed E-state index contributed by atoms with van der Waals surface area (Å²) in [5.74, 6) is 0. The van der Waals surface area contributed by atoms with Crippen molar-refractivity contribution in [1.29, 1.82) is 0 Å². The summed E-state index contributed by atoms with van der Waals surface area (Å²) in [6.45, 7) is -0.0557. The Labute approximate surface area is 43.4 Å². The van der Waals surface area contributed by atoms with Gasteiger partial charge in [-0.05, 0) is 12.5 Å². The van der Waals surface area contributed by atoms with Gasteiger partial charge >= 0.3 is 0 Å². The third kappa shape index (κ3) is 5.50. The molecule has 0 bridgehead atoms. The van der Waals surface area contributed by atoms with Gasteiger partial charge in [-0.2, -0.15) is 0 Å². The zero-order valence-electron chi connectivity index (χ0n) is 4.39. The van der Waals surface area contributed by atoms with Crippen molar-refractivity contribution in [3.05, 3.63) is 12.3 Å². The van der Waals surface area contributed by atoms with Crippen LogP contribution in [0.3, 0.4) is 0 Å². The monoisotopic (exact) mass is 101 g/mol. The molecule has 0 saturated heterocycles. The van der Waals surface area contributed by atoms with Crippen LogP contribution < -0.4 is 0 Å². The summed E-state index contributed by atoms with van der Waals surface area (Å²) in [6, 6.07) is 0. The SMILES string of the molecule is COC=CCC[O]. The largest absolute Gasteiger partial charge is 0.505 e. The molecule has 0 atom stereocenters. The van der Waals surface area contributed by atoms with Crippen LogP contribution in [-0.2, 0) is 9.84 Å². The zero-order chi connectivity index (χ0) is 5.54. The summed E-state index contributed by atoms with van der Waals surface area (Å²) < 4.78 is 4.52. The fraction of sp³-hybridized carbons (Fsp3) is 0.600. The third-order valence-corrected chi connectivity index (χ3v) is 0.517. The van der Waals surface area contributed by atoms with Crippen molar-refractivity contribution in [3.8, 4) is 0 Å². The number of rotatable bonds is 3. The second kappa shape index (κ2) is 5.50. The van der Waals surface area contributed by atoms with Crippen molar-refractivity contribution in [2.45, 2.75) is 6.42 Å². The van der Waals surface area contributed by atoms with Crippen LogP contribution in [0.5, 0.6) is 0 Å². The lowest BCUT2D eigenvalue weighted by Crippen LogP contribution is -1.73. The van der Waals surface area contributed by atoms with E-state index >= 15 is 0 Å². The minimum Gasteiger partial charge on any atom is -0.505 e. The van der Waals surface area contributed by atoms with Gasteiger partial charge in [-0.1, -0.05) is 0 Å². The molecule has 7 heavy (non-hydrogen) atoms. The molecular formula is C5H9O2. The fourth-order valence-electron chi connectivity index (χ4n) is 0.232. The molecule has 0 aliphatic rings. The molecule has 2 heteroatoms. The molecule has 0 aromatic heterocycles. The molecule has 1 radical (unpaired) electrons. The van der Waals surface area contributed by atoms with E-state index in [0.717, 1.165) is 0 Å². The van der Waals surface area contributed by atoms with Crippen LogP contribution in [-0.4, -0.2) is 13.7 Å². The van der Waals surface area contributed by atoms with Gasteiger partial charge in [0.1, 0.15) is 0 Å². The predicted molar refractivity (Wildman–Crippen MR) is 26.3 cm³/mol. The second-order valence-electron chi connectivity index (χ2n) is 1.10. The Hall–Kier alpha value is -0.500. The van der Waals surface area contributed by atoms with Crippen LogP contribution in [0.15, 0.2) is 12.3 Å². The van der Waals surface area contributed by atoms with Gasteiger partial charge in [0.25, 0.3) is 0 Å². The van der Waals surface area contributed by atoms with Crippen molar-refractivity contribution >= 4 is 0 Å². The van der Waals surface area contributed by atoms with E-state index in [1.165, 1.54) is 6.26 Å². The maximum Gasteiger partial charge on any atom is 0.0858 e. The van der Waals surface area contributed by atoms with E-state index in [9.17, 15) is 5.11 Å². The number of ether oxygens (including phenoxy) is 1. The minimum absolute atomic E-state index is 0.0557. The lowest BCUT2D eigenvalue weighted by Gasteiger charge is -1.82. The Morgan fingerprint density at radius 2 is 2.43 bits per heavy atom. The first-order valence-corrected chi connectivity index (χ1v) is 2.17. The van der Waals surface area contributed by atoms with Crippen LogP contribution >= 0.6 is 0 Å². The highest BCUT2D eigenvalue weighted by Gasteiger charge is 1.71. The molecule has 0 aromatic carbocycles. The Kier molecular flexibility index (Phi) is 5.11. The molecule has 0 saturated carbocycles. The van der Waals surface area contributed by atoms with Crippen LogP contribution in [0.25, 0.3) is 0 Å². The van der Waals surface area contributed by atoms with E-state index in [4.69, 9.17) is 0 Å². The van der Waals surface area contributed by atoms with Gasteiger partial charge in [-0.3, -0.25) is 0 Å². The summed E-state index contributed by atoms with van der Waals surface area (Å²) >= 11 is 0. The van der Waals surface area contributed by atoms with E-state index in [0.29, 0.717) is 6.42 Å². The standard InChI is InChI=1S/C5H9O2/c1-7-5-3-2-4-6/h3,5H,2,4H2,1H3. The minimum atomic E-state index is -0.0557. The first kappa shape index (κ1) is 6.50. The van der Waals surface area contributed by atoms with Gasteiger partial charge in [0.05, 0.1) is 20.0 Å². The predicted octanol–water partition coefficient (Wildman–Crippen LogP) is 0.967. The molecule has 0 amide bonds. The van der Waals surface area contributed by atoms with Crippen molar-refractivity contribution in [2.75, 3.05) is 13.7 Å². The molecule has 0 heterocycles. The van der Waals surface area contributed by atoms with Crippen molar-refractivity contribution in [2.24, 2.45) is 0 Å². The van der Waals surface area contributed by atoms with Gasteiger partial charge in [0, 0.05) is 0 Å². The van der Waals surface area contributed by atoms with Gasteiger partial charge in [-0.15, -0.1) is 0 Å². The smallest absolute Gasteiger partial charge is 0.0858 e. The normalized spacial score (nSPS) is 10.0. The molecule has 0 aromatic rings. The molecule has 0 aliphatic heterocycles. The third-order valence-electron chi connectivity index (χ3n) is 0.517. The first-order valence-electron chi connectivity index (χ1n) is 2.17. The molecular weight excluding hydrogens is 92.1 g/mol. The molecule has 41 valence electrons. The molecule has 0 unspecified atom stereocenters. The highest BCUT2D eigenvalue weighted by molar-refractivity contribution is 4.71. The highest BCUT2D eigenvalue weighted by atomic mass is 16.5. The van der Waals surface area contributed by atoms with Crippen LogP contribution in [0, 0.1) is 0 Å². The highest BCUT2D eigenvalue weighted by Crippen LogP contribution is 1.78. The zero-order valence-corrected chi connectivity index (χ0v) is 4.39. The average molecular weight is 101 g/mol. The molecule has 0 fully saturated rings. The topological polar surface area (TPSA) is 29.1 Å². The van der Waals surface area contributed by atoms with E-state index in [1.807, 2.05) is 0 Å². The van der Waals surface area contributed by atoms with Crippen LogP contribution in [0.4, 0.5) is 0 Å². The van der Waals surface area contributed by atoms with Crippen molar-refractivity contribution in [3.63, 3.8) is 0 Å². The quantitative estimate of drug-likeness (QED) is 0.487. The van der Waals surface area contributed by atoms with Gasteiger partial charge in [0.2, 0.25) is 0 Å². The number of methoxy groups -OCH3 is 1. The Morgan fingerprint density at radius 1 is 1.71 bits per heavy atom. The summed E-state index contributed by atoms with van der Waals surface area (Å²) in [6.07, 6.45) is 3.78. The van der Waals surface area contributed by atoms with Crippen molar-refractivity contribution < 1.29 is 9.84 Å². The molecule has 0 spiro atoms. The fourth-order valence-corrected chi connectivity index (χ4v) is 0.232. The number of hydrogen-bond donors (Lipinski definition) is 0. The van der Waals surface area contributed by atoms with Crippen LogP contribution in [0.1, 0.15) is 6.42 Å². The second-order valence-corrected chi connectivity index (χ2v) is 1.10. The number of hydrogen-bond acceptors (Lipinski definition) is 1. The first-order chi connectivity index (χ1) is 3.41. The Morgan fingerprint density at radius 3 is 2.86 bits per heavy atom. The van der Waals surface area contributed by atoms with Gasteiger partial charge < -0.3 is 4.74 Å². The lowest BCUT2D eigenvalue weighted by molar-refractivity contribution is 0.198. The summed E-state index contributed by atoms with van der Waals surface area (Å²) in [7, 11) is 1.56. The van der Waals surface area contributed by atoms with E-state index in [-0.39, 0.29) is 6.61 Å². The molecule has 0 N–H and O–H groups in total. The summed E-state index contributed by atoms with van der Waals surface area (Å²) in [4.78, 5) is 0. The van der Waals surface area contributed by atoms with E-state index in [2.05, 4.69) is 4.74 Å². The maximum absolute atomic E-state index is 9.70. The van der Waals surface area contributed by atoms with E-state index in [1.54, 1.807) is 13.2 Å². The molecule has 2 nitrogen and oxygen atoms in total. The van der Waals surface area contributed by atoms with Crippen molar-refractivity contribution in [1.82, 2.24) is 0 Å². The van der Waals surface area contributed by atoms with Gasteiger partial charge in [-0.25, -0.2) is 5.11 Å². The van der Waals surface area contributed by atoms with E-state index < -0.39 is 0 Å². The van der Waals surface area contributed by atoms with Gasteiger partial charge in [0.15, 0.2) is 0 Å². The maximum atomic E-state index is 9.70. The Balaban J connectivity index is 2.78. The lowest BCUT2D eigenvalue weighted by atomic mass is 10.4. The molecule has 0 aliphatic carbocycles. The summed E-state index contributed by atoms with van der Waals surface area (Å²) in [5, 5.41) is 9.70. The van der Waals surface area contributed by atoms with Crippen LogP contribution in [0.2, 0.25) is 0 Å².